The Balaban J connectivity index is 1.25. The van der Waals surface area contributed by atoms with Crippen LogP contribution in [0.4, 0.5) is 5.69 Å². The molecule has 192 valence electrons. The molecule has 2 N–H and O–H groups in total. The average Bonchev–Trinajstić information content (AvgIpc) is 3.31. The zero-order valence-corrected chi connectivity index (χ0v) is 22.1. The van der Waals surface area contributed by atoms with E-state index in [0.29, 0.717) is 41.2 Å². The van der Waals surface area contributed by atoms with Gasteiger partial charge in [0.2, 0.25) is 0 Å². The van der Waals surface area contributed by atoms with Crippen molar-refractivity contribution in [1.29, 1.82) is 0 Å². The van der Waals surface area contributed by atoms with Gasteiger partial charge in [-0.05, 0) is 53.5 Å². The van der Waals surface area contributed by atoms with E-state index >= 15 is 0 Å². The molecule has 36 heavy (non-hydrogen) atoms. The lowest BCUT2D eigenvalue weighted by atomic mass is 9.87. The van der Waals surface area contributed by atoms with E-state index in [1.54, 1.807) is 14.2 Å². The second kappa shape index (κ2) is 11.2. The van der Waals surface area contributed by atoms with Crippen molar-refractivity contribution in [3.05, 3.63) is 53.6 Å². The third kappa shape index (κ3) is 5.90. The second-order valence-corrected chi connectivity index (χ2v) is 9.94. The zero-order chi connectivity index (χ0) is 25.7. The molecule has 0 aliphatic carbocycles. The first-order chi connectivity index (χ1) is 17.3. The lowest BCUT2D eigenvalue weighted by Crippen LogP contribution is -2.48. The van der Waals surface area contributed by atoms with E-state index in [1.807, 2.05) is 18.2 Å². The summed E-state index contributed by atoms with van der Waals surface area (Å²) >= 11 is 5.65. The Morgan fingerprint density at radius 2 is 1.81 bits per heavy atom. The van der Waals surface area contributed by atoms with Crippen molar-refractivity contribution in [1.82, 2.24) is 10.2 Å². The molecule has 2 aliphatic rings. The van der Waals surface area contributed by atoms with Gasteiger partial charge in [0.1, 0.15) is 11.3 Å². The summed E-state index contributed by atoms with van der Waals surface area (Å²) in [6.45, 7) is 6.20. The van der Waals surface area contributed by atoms with E-state index in [9.17, 15) is 4.79 Å². The number of rotatable bonds is 7. The molecule has 0 unspecified atom stereocenters. The molecule has 1 fully saturated rings. The van der Waals surface area contributed by atoms with Gasteiger partial charge < -0.3 is 29.8 Å². The maximum Gasteiger partial charge on any atom is 0.269 e. The van der Waals surface area contributed by atoms with E-state index in [2.05, 4.69) is 58.8 Å². The van der Waals surface area contributed by atoms with Gasteiger partial charge in [-0.25, -0.2) is 0 Å². The number of piperidine rings is 1. The van der Waals surface area contributed by atoms with Crippen LogP contribution in [0.2, 0.25) is 0 Å². The molecular formula is C27H34N4O4S. The lowest BCUT2D eigenvalue weighted by molar-refractivity contribution is -0.115. The maximum absolute atomic E-state index is 12.7. The van der Waals surface area contributed by atoms with Crippen LogP contribution in [0.15, 0.2) is 47.6 Å². The molecule has 0 atom stereocenters. The highest BCUT2D eigenvalue weighted by atomic mass is 32.1. The molecule has 0 radical (unpaired) electrons. The van der Waals surface area contributed by atoms with Crippen LogP contribution in [0.5, 0.6) is 11.5 Å². The average molecular weight is 511 g/mol. The Hall–Kier alpha value is -3.33. The fourth-order valence-corrected chi connectivity index (χ4v) is 4.76. The van der Waals surface area contributed by atoms with Crippen LogP contribution in [-0.4, -0.2) is 54.5 Å². The van der Waals surface area contributed by atoms with Crippen LogP contribution in [-0.2, 0) is 16.2 Å². The molecule has 2 aromatic rings. The summed E-state index contributed by atoms with van der Waals surface area (Å²) < 4.78 is 10.6. The minimum Gasteiger partial charge on any atom is -0.493 e. The molecule has 1 amide bonds. The van der Waals surface area contributed by atoms with Crippen molar-refractivity contribution in [2.75, 3.05) is 32.6 Å². The molecule has 1 spiro atoms. The summed E-state index contributed by atoms with van der Waals surface area (Å²) in [5, 5.41) is 11.1. The molecular weight excluding hydrogens is 476 g/mol. The number of hydrogen-bond acceptors (Lipinski definition) is 6. The first-order valence-corrected chi connectivity index (χ1v) is 12.6. The number of oxime groups is 1. The topological polar surface area (TPSA) is 84.4 Å². The standard InChI is InChI=1S/C27H34N4O4S/c1-18(2)20-6-8-21(9-7-20)29-26(36)31-13-11-27(12-14-31)16-22(30-35-27)25(32)28-17-19-5-10-23(33-3)24(15-19)34-4/h5-10,15,18H,11-14,16-17H2,1-4H3,(H,28,32)(H,29,36). The Morgan fingerprint density at radius 3 is 2.44 bits per heavy atom. The van der Waals surface area contributed by atoms with Crippen LogP contribution in [0.3, 0.4) is 0 Å². The fourth-order valence-electron chi connectivity index (χ4n) is 4.46. The molecule has 0 bridgehead atoms. The van der Waals surface area contributed by atoms with Crippen LogP contribution in [0.25, 0.3) is 0 Å². The first-order valence-electron chi connectivity index (χ1n) is 12.2. The number of amides is 1. The molecule has 2 aromatic carbocycles. The summed E-state index contributed by atoms with van der Waals surface area (Å²) in [4.78, 5) is 20.7. The highest BCUT2D eigenvalue weighted by Crippen LogP contribution is 2.35. The van der Waals surface area contributed by atoms with E-state index < -0.39 is 5.60 Å². The molecule has 4 rings (SSSR count). The van der Waals surface area contributed by atoms with Crippen molar-refractivity contribution in [2.24, 2.45) is 5.16 Å². The predicted molar refractivity (Wildman–Crippen MR) is 145 cm³/mol. The monoisotopic (exact) mass is 510 g/mol. The quantitative estimate of drug-likeness (QED) is 0.533. The van der Waals surface area contributed by atoms with Gasteiger partial charge in [-0.3, -0.25) is 4.79 Å². The number of hydrogen-bond donors (Lipinski definition) is 2. The highest BCUT2D eigenvalue weighted by molar-refractivity contribution is 7.80. The van der Waals surface area contributed by atoms with Gasteiger partial charge in [-0.15, -0.1) is 0 Å². The molecule has 2 heterocycles. The maximum atomic E-state index is 12.7. The Kier molecular flexibility index (Phi) is 7.98. The van der Waals surface area contributed by atoms with Gasteiger partial charge >= 0.3 is 0 Å². The smallest absolute Gasteiger partial charge is 0.269 e. The molecule has 0 saturated carbocycles. The van der Waals surface area contributed by atoms with E-state index in [-0.39, 0.29) is 5.91 Å². The fraction of sp³-hybridized carbons (Fsp3) is 0.444. The summed E-state index contributed by atoms with van der Waals surface area (Å²) in [6.07, 6.45) is 1.99. The minimum atomic E-state index is -0.443. The SMILES string of the molecule is COc1ccc(CNC(=O)C2=NOC3(CCN(C(=S)Nc4ccc(C(C)C)cc4)CC3)C2)cc1OC. The third-order valence-electron chi connectivity index (χ3n) is 6.79. The normalized spacial score (nSPS) is 16.4. The predicted octanol–water partition coefficient (Wildman–Crippen LogP) is 4.45. The van der Waals surface area contributed by atoms with Gasteiger partial charge in [0.25, 0.3) is 5.91 Å². The summed E-state index contributed by atoms with van der Waals surface area (Å²) in [6, 6.07) is 13.9. The van der Waals surface area contributed by atoms with E-state index in [4.69, 9.17) is 26.5 Å². The molecule has 8 nitrogen and oxygen atoms in total. The van der Waals surface area contributed by atoms with Crippen molar-refractivity contribution in [3.63, 3.8) is 0 Å². The Morgan fingerprint density at radius 1 is 1.11 bits per heavy atom. The van der Waals surface area contributed by atoms with Gasteiger partial charge in [0, 0.05) is 44.6 Å². The summed E-state index contributed by atoms with van der Waals surface area (Å²) in [5.41, 5.74) is 3.17. The number of likely N-dealkylation sites (tertiary alicyclic amines) is 1. The Labute approximate surface area is 218 Å². The minimum absolute atomic E-state index is 0.217. The van der Waals surface area contributed by atoms with Crippen LogP contribution >= 0.6 is 12.2 Å². The van der Waals surface area contributed by atoms with Gasteiger partial charge in [-0.2, -0.15) is 0 Å². The largest absolute Gasteiger partial charge is 0.493 e. The molecule has 1 saturated heterocycles. The van der Waals surface area contributed by atoms with Crippen LogP contribution < -0.4 is 20.1 Å². The van der Waals surface area contributed by atoms with Gasteiger partial charge in [0.05, 0.1) is 14.2 Å². The summed E-state index contributed by atoms with van der Waals surface area (Å²) in [7, 11) is 3.18. The van der Waals surface area contributed by atoms with Crippen molar-refractivity contribution < 1.29 is 19.1 Å². The number of methoxy groups -OCH3 is 2. The zero-order valence-electron chi connectivity index (χ0n) is 21.3. The number of nitrogens with one attached hydrogen (secondary N) is 2. The van der Waals surface area contributed by atoms with Crippen LogP contribution in [0.1, 0.15) is 50.2 Å². The third-order valence-corrected chi connectivity index (χ3v) is 7.15. The Bertz CT molecular complexity index is 1130. The number of carbonyl (C=O) groups excluding carboxylic acids is 1. The number of benzene rings is 2. The van der Waals surface area contributed by atoms with Gasteiger partial charge in [0.15, 0.2) is 16.6 Å². The van der Waals surface area contributed by atoms with Crippen molar-refractivity contribution >= 4 is 34.6 Å². The van der Waals surface area contributed by atoms with Crippen molar-refractivity contribution in [2.45, 2.75) is 51.2 Å². The van der Waals surface area contributed by atoms with Gasteiger partial charge in [-0.1, -0.05) is 37.2 Å². The number of nitrogens with zero attached hydrogens (tertiary/aromatic N) is 2. The van der Waals surface area contributed by atoms with Crippen LogP contribution in [0, 0.1) is 0 Å². The number of carbonyl (C=O) groups is 1. The number of anilines is 1. The summed E-state index contributed by atoms with van der Waals surface area (Å²) in [5.74, 6) is 1.55. The molecule has 9 heteroatoms. The number of thiocarbonyl (C=S) groups is 1. The second-order valence-electron chi connectivity index (χ2n) is 9.55. The molecule has 0 aromatic heterocycles. The van der Waals surface area contributed by atoms with E-state index in [1.165, 1.54) is 5.56 Å². The molecule has 2 aliphatic heterocycles. The van der Waals surface area contributed by atoms with Crippen molar-refractivity contribution in [3.8, 4) is 11.5 Å². The lowest BCUT2D eigenvalue weighted by Gasteiger charge is -2.38. The van der Waals surface area contributed by atoms with E-state index in [0.717, 1.165) is 37.2 Å². The highest BCUT2D eigenvalue weighted by Gasteiger charge is 2.44. The number of ether oxygens (including phenoxy) is 2. The first kappa shape index (κ1) is 25.8.